The molecule has 1 unspecified atom stereocenters. The molecule has 0 radical (unpaired) electrons. The van der Waals surface area contributed by atoms with Crippen LogP contribution in [0.3, 0.4) is 0 Å². The molecule has 3 rings (SSSR count). The van der Waals surface area contributed by atoms with Gasteiger partial charge >= 0.3 is 0 Å². The number of aliphatic hydroxyl groups is 1. The lowest BCUT2D eigenvalue weighted by atomic mass is 9.83. The normalized spacial score (nSPS) is 23.1. The summed E-state index contributed by atoms with van der Waals surface area (Å²) in [5, 5.41) is 11.4. The molecular formula is C17H18BrNO. The van der Waals surface area contributed by atoms with Crippen LogP contribution in [0.5, 0.6) is 0 Å². The first-order valence-electron chi connectivity index (χ1n) is 6.85. The molecule has 3 heteroatoms. The lowest BCUT2D eigenvalue weighted by Crippen LogP contribution is -2.39. The van der Waals surface area contributed by atoms with Gasteiger partial charge in [-0.2, -0.15) is 0 Å². The van der Waals surface area contributed by atoms with Crippen LogP contribution in [-0.4, -0.2) is 30.1 Å². The number of nitrogens with zero attached hydrogens (tertiary/aromatic N) is 1. The third-order valence-corrected chi connectivity index (χ3v) is 4.57. The van der Waals surface area contributed by atoms with Gasteiger partial charge in [0.05, 0.1) is 0 Å². The fraction of sp³-hybridized carbons (Fsp3) is 0.294. The molecule has 0 saturated carbocycles. The SMILES string of the molecule is CN1CCc2ccccc2C(O)(c2ccc(Br)cc2)C1. The number of fused-ring (bicyclic) bond motifs is 1. The van der Waals surface area contributed by atoms with Gasteiger partial charge in [-0.15, -0.1) is 0 Å². The smallest absolute Gasteiger partial charge is 0.127 e. The van der Waals surface area contributed by atoms with E-state index in [4.69, 9.17) is 0 Å². The summed E-state index contributed by atoms with van der Waals surface area (Å²) in [6, 6.07) is 16.2. The van der Waals surface area contributed by atoms with E-state index in [9.17, 15) is 5.11 Å². The highest BCUT2D eigenvalue weighted by atomic mass is 79.9. The van der Waals surface area contributed by atoms with E-state index >= 15 is 0 Å². The van der Waals surface area contributed by atoms with Crippen LogP contribution in [0.4, 0.5) is 0 Å². The highest BCUT2D eigenvalue weighted by Crippen LogP contribution is 2.35. The molecule has 2 aromatic carbocycles. The zero-order chi connectivity index (χ0) is 14.2. The van der Waals surface area contributed by atoms with Gasteiger partial charge in [0.2, 0.25) is 0 Å². The number of benzene rings is 2. The van der Waals surface area contributed by atoms with Gasteiger partial charge in [-0.3, -0.25) is 0 Å². The van der Waals surface area contributed by atoms with Crippen LogP contribution in [0.1, 0.15) is 16.7 Å². The van der Waals surface area contributed by atoms with Gasteiger partial charge in [-0.1, -0.05) is 52.3 Å². The predicted molar refractivity (Wildman–Crippen MR) is 84.8 cm³/mol. The average molecular weight is 332 g/mol. The van der Waals surface area contributed by atoms with Crippen molar-refractivity contribution in [3.05, 3.63) is 69.7 Å². The standard InChI is InChI=1S/C17H18BrNO/c1-19-11-10-13-4-2-3-5-16(13)17(20,12-19)14-6-8-15(18)9-7-14/h2-9,20H,10-12H2,1H3. The van der Waals surface area contributed by atoms with Crippen molar-refractivity contribution in [1.82, 2.24) is 4.90 Å². The maximum absolute atomic E-state index is 11.4. The second-order valence-corrected chi connectivity index (χ2v) is 6.43. The minimum absolute atomic E-state index is 0.617. The van der Waals surface area contributed by atoms with E-state index in [0.29, 0.717) is 6.54 Å². The lowest BCUT2D eigenvalue weighted by Gasteiger charge is -2.32. The van der Waals surface area contributed by atoms with Crippen molar-refractivity contribution in [2.45, 2.75) is 12.0 Å². The van der Waals surface area contributed by atoms with Gasteiger partial charge in [0.15, 0.2) is 0 Å². The molecule has 0 saturated heterocycles. The molecule has 0 amide bonds. The topological polar surface area (TPSA) is 23.5 Å². The minimum atomic E-state index is -0.942. The van der Waals surface area contributed by atoms with Crippen LogP contribution in [-0.2, 0) is 12.0 Å². The van der Waals surface area contributed by atoms with Gasteiger partial charge in [-0.25, -0.2) is 0 Å². The Labute approximate surface area is 128 Å². The van der Waals surface area contributed by atoms with E-state index in [2.05, 4.69) is 40.0 Å². The Morgan fingerprint density at radius 2 is 1.80 bits per heavy atom. The van der Waals surface area contributed by atoms with Crippen molar-refractivity contribution in [3.63, 3.8) is 0 Å². The van der Waals surface area contributed by atoms with Crippen LogP contribution >= 0.6 is 15.9 Å². The average Bonchev–Trinajstić information content (AvgIpc) is 2.58. The number of rotatable bonds is 1. The molecule has 1 N–H and O–H groups in total. The van der Waals surface area contributed by atoms with E-state index in [1.807, 2.05) is 36.4 Å². The van der Waals surface area contributed by atoms with Crippen molar-refractivity contribution < 1.29 is 5.11 Å². The number of hydrogen-bond donors (Lipinski definition) is 1. The monoisotopic (exact) mass is 331 g/mol. The lowest BCUT2D eigenvalue weighted by molar-refractivity contribution is 0.0492. The van der Waals surface area contributed by atoms with Gasteiger partial charge in [0, 0.05) is 17.6 Å². The number of halogens is 1. The molecule has 1 atom stereocenters. The molecule has 2 aromatic rings. The van der Waals surface area contributed by atoms with E-state index < -0.39 is 5.60 Å². The van der Waals surface area contributed by atoms with Crippen molar-refractivity contribution in [2.24, 2.45) is 0 Å². The third kappa shape index (κ3) is 2.41. The second-order valence-electron chi connectivity index (χ2n) is 5.51. The van der Waals surface area contributed by atoms with Gasteiger partial charge in [-0.05, 0) is 42.3 Å². The third-order valence-electron chi connectivity index (χ3n) is 4.05. The summed E-state index contributed by atoms with van der Waals surface area (Å²) in [4.78, 5) is 2.20. The van der Waals surface area contributed by atoms with Crippen LogP contribution < -0.4 is 0 Å². The Morgan fingerprint density at radius 1 is 1.10 bits per heavy atom. The van der Waals surface area contributed by atoms with Gasteiger partial charge in [0.25, 0.3) is 0 Å². The number of β-amino-alcohol motifs (C(OH)–C–C–N with tert-alkyl or cyclic N) is 1. The maximum Gasteiger partial charge on any atom is 0.127 e. The quantitative estimate of drug-likeness (QED) is 0.867. The Balaban J connectivity index is 2.16. The van der Waals surface area contributed by atoms with Crippen molar-refractivity contribution in [3.8, 4) is 0 Å². The zero-order valence-electron chi connectivity index (χ0n) is 11.5. The molecule has 0 aliphatic carbocycles. The van der Waals surface area contributed by atoms with Crippen molar-refractivity contribution in [2.75, 3.05) is 20.1 Å². The molecule has 1 aliphatic heterocycles. The van der Waals surface area contributed by atoms with E-state index in [0.717, 1.165) is 28.6 Å². The molecule has 20 heavy (non-hydrogen) atoms. The van der Waals surface area contributed by atoms with Crippen LogP contribution in [0.2, 0.25) is 0 Å². The van der Waals surface area contributed by atoms with Crippen LogP contribution in [0, 0.1) is 0 Å². The van der Waals surface area contributed by atoms with Crippen molar-refractivity contribution >= 4 is 15.9 Å². The highest BCUT2D eigenvalue weighted by molar-refractivity contribution is 9.10. The molecule has 2 nitrogen and oxygen atoms in total. The summed E-state index contributed by atoms with van der Waals surface area (Å²) in [5.41, 5.74) is 2.28. The Hall–Kier alpha value is -1.16. The second kappa shape index (κ2) is 5.32. The Bertz CT molecular complexity index is 611. The predicted octanol–water partition coefficient (Wildman–Crippen LogP) is 3.17. The maximum atomic E-state index is 11.4. The first-order chi connectivity index (χ1) is 9.59. The van der Waals surface area contributed by atoms with Crippen LogP contribution in [0.25, 0.3) is 0 Å². The van der Waals surface area contributed by atoms with Gasteiger partial charge < -0.3 is 10.0 Å². The number of hydrogen-bond acceptors (Lipinski definition) is 2. The Morgan fingerprint density at radius 3 is 2.55 bits per heavy atom. The molecular weight excluding hydrogens is 314 g/mol. The molecule has 0 fully saturated rings. The molecule has 0 bridgehead atoms. The zero-order valence-corrected chi connectivity index (χ0v) is 13.1. The van der Waals surface area contributed by atoms with Crippen molar-refractivity contribution in [1.29, 1.82) is 0 Å². The summed E-state index contributed by atoms with van der Waals surface area (Å²) in [6.07, 6.45) is 0.978. The summed E-state index contributed by atoms with van der Waals surface area (Å²) in [5.74, 6) is 0. The summed E-state index contributed by atoms with van der Waals surface area (Å²) in [7, 11) is 2.07. The summed E-state index contributed by atoms with van der Waals surface area (Å²) >= 11 is 3.45. The minimum Gasteiger partial charge on any atom is -0.379 e. The fourth-order valence-corrected chi connectivity index (χ4v) is 3.24. The molecule has 0 aromatic heterocycles. The summed E-state index contributed by atoms with van der Waals surface area (Å²) < 4.78 is 1.03. The van der Waals surface area contributed by atoms with Gasteiger partial charge in [0.1, 0.15) is 5.60 Å². The molecule has 104 valence electrons. The molecule has 1 heterocycles. The fourth-order valence-electron chi connectivity index (χ4n) is 2.98. The van der Waals surface area contributed by atoms with Crippen LogP contribution in [0.15, 0.2) is 53.0 Å². The largest absolute Gasteiger partial charge is 0.379 e. The highest BCUT2D eigenvalue weighted by Gasteiger charge is 2.36. The van der Waals surface area contributed by atoms with E-state index in [1.54, 1.807) is 0 Å². The van der Waals surface area contributed by atoms with E-state index in [-0.39, 0.29) is 0 Å². The van der Waals surface area contributed by atoms with E-state index in [1.165, 1.54) is 5.56 Å². The molecule has 0 spiro atoms. The Kier molecular flexibility index (Phi) is 3.67. The first kappa shape index (κ1) is 13.8. The summed E-state index contributed by atoms with van der Waals surface area (Å²) in [6.45, 7) is 1.58. The molecule has 1 aliphatic rings. The number of likely N-dealkylation sites (N-methyl/N-ethyl adjacent to an activating group) is 1. The first-order valence-corrected chi connectivity index (χ1v) is 7.64.